The topological polar surface area (TPSA) is 45.6 Å². The summed E-state index contributed by atoms with van der Waals surface area (Å²) in [5.74, 6) is 1.19. The van der Waals surface area contributed by atoms with Crippen LogP contribution in [0.5, 0.6) is 0 Å². The third-order valence-corrected chi connectivity index (χ3v) is 5.45. The number of hydrogen-bond acceptors (Lipinski definition) is 3. The summed E-state index contributed by atoms with van der Waals surface area (Å²) in [4.78, 5) is 28.9. The Morgan fingerprint density at radius 2 is 2.13 bits per heavy atom. The fourth-order valence-corrected chi connectivity index (χ4v) is 4.05. The van der Waals surface area contributed by atoms with Crippen LogP contribution in [0.4, 0.5) is 0 Å². The number of aryl methyl sites for hydroxylation is 1. The van der Waals surface area contributed by atoms with E-state index in [4.69, 9.17) is 0 Å². The molecule has 1 aliphatic heterocycles. The van der Waals surface area contributed by atoms with Crippen molar-refractivity contribution in [1.82, 2.24) is 14.4 Å². The van der Waals surface area contributed by atoms with E-state index in [2.05, 4.69) is 0 Å². The summed E-state index contributed by atoms with van der Waals surface area (Å²) < 4.78 is 2.00. The van der Waals surface area contributed by atoms with Crippen LogP contribution in [0.1, 0.15) is 17.3 Å². The Labute approximate surface area is 140 Å². The number of carbonyl (C=O) groups excluding carboxylic acids is 2. The number of rotatable bonds is 3. The molecule has 0 saturated carbocycles. The monoisotopic (exact) mass is 331 g/mol. The van der Waals surface area contributed by atoms with Gasteiger partial charge in [-0.05, 0) is 25.1 Å². The first kappa shape index (κ1) is 15.9. The van der Waals surface area contributed by atoms with Gasteiger partial charge in [0.1, 0.15) is 6.04 Å². The number of benzene rings is 1. The fraction of sp³-hybridized carbons (Fsp3) is 0.412. The van der Waals surface area contributed by atoms with Crippen LogP contribution in [-0.4, -0.2) is 57.4 Å². The van der Waals surface area contributed by atoms with Gasteiger partial charge in [-0.2, -0.15) is 0 Å². The van der Waals surface area contributed by atoms with Crippen LogP contribution in [-0.2, 0) is 11.8 Å². The zero-order valence-electron chi connectivity index (χ0n) is 13.7. The maximum atomic E-state index is 13.0. The molecule has 1 atom stereocenters. The van der Waals surface area contributed by atoms with E-state index in [0.717, 1.165) is 10.9 Å². The van der Waals surface area contributed by atoms with E-state index in [0.29, 0.717) is 23.7 Å². The second kappa shape index (κ2) is 6.28. The van der Waals surface area contributed by atoms with Crippen molar-refractivity contribution in [3.8, 4) is 0 Å². The molecule has 23 heavy (non-hydrogen) atoms. The van der Waals surface area contributed by atoms with Gasteiger partial charge in [0.05, 0.1) is 5.88 Å². The molecule has 6 heteroatoms. The average molecular weight is 331 g/mol. The SMILES string of the molecule is CCN(C)C(=O)C1CSCN1C(=O)c1cccc2c1ccn2C. The number of fused-ring (bicyclic) bond motifs is 1. The van der Waals surface area contributed by atoms with Crippen LogP contribution in [0.3, 0.4) is 0 Å². The van der Waals surface area contributed by atoms with E-state index in [9.17, 15) is 9.59 Å². The summed E-state index contributed by atoms with van der Waals surface area (Å²) in [6.07, 6.45) is 1.95. The number of carbonyl (C=O) groups is 2. The van der Waals surface area contributed by atoms with E-state index in [1.165, 1.54) is 0 Å². The Morgan fingerprint density at radius 1 is 1.35 bits per heavy atom. The molecule has 2 amide bonds. The Hall–Kier alpha value is -1.95. The van der Waals surface area contributed by atoms with Crippen molar-refractivity contribution in [2.24, 2.45) is 7.05 Å². The number of nitrogens with zero attached hydrogens (tertiary/aromatic N) is 3. The first-order valence-electron chi connectivity index (χ1n) is 7.72. The molecule has 1 fully saturated rings. The summed E-state index contributed by atoms with van der Waals surface area (Å²) in [5, 5.41) is 0.937. The highest BCUT2D eigenvalue weighted by Crippen LogP contribution is 2.27. The standard InChI is InChI=1S/C17H21N3O2S/c1-4-18(2)17(22)15-10-23-11-20(15)16(21)13-6-5-7-14-12(13)8-9-19(14)3/h5-9,15H,4,10-11H2,1-3H3. The van der Waals surface area contributed by atoms with Gasteiger partial charge in [0.25, 0.3) is 5.91 Å². The predicted molar refractivity (Wildman–Crippen MR) is 93.5 cm³/mol. The maximum absolute atomic E-state index is 13.0. The predicted octanol–water partition coefficient (Wildman–Crippen LogP) is 2.17. The van der Waals surface area contributed by atoms with Gasteiger partial charge in [0, 0.05) is 49.1 Å². The normalized spacial score (nSPS) is 17.7. The molecule has 0 radical (unpaired) electrons. The van der Waals surface area contributed by atoms with Crippen LogP contribution in [0, 0.1) is 0 Å². The molecule has 1 saturated heterocycles. The number of aromatic nitrogens is 1. The molecule has 1 aromatic heterocycles. The third-order valence-electron chi connectivity index (χ3n) is 4.44. The van der Waals surface area contributed by atoms with Crippen molar-refractivity contribution in [3.63, 3.8) is 0 Å². The molecule has 1 unspecified atom stereocenters. The van der Waals surface area contributed by atoms with E-state index in [-0.39, 0.29) is 17.9 Å². The molecule has 2 aromatic rings. The fourth-order valence-electron chi connectivity index (χ4n) is 2.90. The molecule has 1 aliphatic rings. The Morgan fingerprint density at radius 3 is 2.87 bits per heavy atom. The second-order valence-electron chi connectivity index (χ2n) is 5.81. The molecule has 0 N–H and O–H groups in total. The Kier molecular flexibility index (Phi) is 4.35. The zero-order valence-corrected chi connectivity index (χ0v) is 14.5. The smallest absolute Gasteiger partial charge is 0.255 e. The van der Waals surface area contributed by atoms with Gasteiger partial charge in [-0.1, -0.05) is 6.07 Å². The lowest BCUT2D eigenvalue weighted by Crippen LogP contribution is -2.47. The average Bonchev–Trinajstić information content (AvgIpc) is 3.20. The summed E-state index contributed by atoms with van der Waals surface area (Å²) in [7, 11) is 3.75. The molecule has 3 rings (SSSR count). The number of likely N-dealkylation sites (N-methyl/N-ethyl adjacent to an activating group) is 1. The van der Waals surface area contributed by atoms with Crippen LogP contribution in [0.15, 0.2) is 30.5 Å². The minimum Gasteiger partial charge on any atom is -0.351 e. The summed E-state index contributed by atoms with van der Waals surface area (Å²) in [6, 6.07) is 7.34. The first-order chi connectivity index (χ1) is 11.0. The molecule has 122 valence electrons. The van der Waals surface area contributed by atoms with Crippen LogP contribution < -0.4 is 0 Å². The lowest BCUT2D eigenvalue weighted by Gasteiger charge is -2.27. The molecule has 0 aliphatic carbocycles. The van der Waals surface area contributed by atoms with E-state index in [1.54, 1.807) is 28.6 Å². The van der Waals surface area contributed by atoms with Gasteiger partial charge in [0.2, 0.25) is 5.91 Å². The van der Waals surface area contributed by atoms with Gasteiger partial charge >= 0.3 is 0 Å². The highest BCUT2D eigenvalue weighted by atomic mass is 32.2. The van der Waals surface area contributed by atoms with Crippen LogP contribution >= 0.6 is 11.8 Å². The highest BCUT2D eigenvalue weighted by molar-refractivity contribution is 7.99. The lowest BCUT2D eigenvalue weighted by atomic mass is 10.1. The van der Waals surface area contributed by atoms with Gasteiger partial charge in [-0.15, -0.1) is 11.8 Å². The van der Waals surface area contributed by atoms with Crippen molar-refractivity contribution in [3.05, 3.63) is 36.0 Å². The second-order valence-corrected chi connectivity index (χ2v) is 6.81. The molecule has 0 spiro atoms. The summed E-state index contributed by atoms with van der Waals surface area (Å²) in [5.41, 5.74) is 1.69. The lowest BCUT2D eigenvalue weighted by molar-refractivity contribution is -0.133. The summed E-state index contributed by atoms with van der Waals surface area (Å²) in [6.45, 7) is 2.59. The Balaban J connectivity index is 1.93. The maximum Gasteiger partial charge on any atom is 0.255 e. The minimum absolute atomic E-state index is 0.0195. The van der Waals surface area contributed by atoms with E-state index in [1.807, 2.05) is 49.0 Å². The minimum atomic E-state index is -0.364. The van der Waals surface area contributed by atoms with Gasteiger partial charge in [-0.25, -0.2) is 0 Å². The Bertz CT molecular complexity index is 755. The summed E-state index contributed by atoms with van der Waals surface area (Å²) >= 11 is 1.63. The molecule has 2 heterocycles. The van der Waals surface area contributed by atoms with E-state index < -0.39 is 0 Å². The number of thioether (sulfide) groups is 1. The zero-order chi connectivity index (χ0) is 16.6. The van der Waals surface area contributed by atoms with Gasteiger partial charge < -0.3 is 14.4 Å². The molecular weight excluding hydrogens is 310 g/mol. The first-order valence-corrected chi connectivity index (χ1v) is 8.87. The molecule has 5 nitrogen and oxygen atoms in total. The van der Waals surface area contributed by atoms with Crippen molar-refractivity contribution in [1.29, 1.82) is 0 Å². The molecular formula is C17H21N3O2S. The highest BCUT2D eigenvalue weighted by Gasteiger charge is 2.36. The van der Waals surface area contributed by atoms with Crippen molar-refractivity contribution in [2.75, 3.05) is 25.2 Å². The third kappa shape index (κ3) is 2.72. The van der Waals surface area contributed by atoms with Crippen LogP contribution in [0.2, 0.25) is 0 Å². The number of amides is 2. The van der Waals surface area contributed by atoms with Crippen molar-refractivity contribution < 1.29 is 9.59 Å². The largest absolute Gasteiger partial charge is 0.351 e. The van der Waals surface area contributed by atoms with Crippen LogP contribution in [0.25, 0.3) is 10.9 Å². The van der Waals surface area contributed by atoms with Crippen molar-refractivity contribution >= 4 is 34.5 Å². The van der Waals surface area contributed by atoms with Crippen molar-refractivity contribution in [2.45, 2.75) is 13.0 Å². The number of hydrogen-bond donors (Lipinski definition) is 0. The molecule has 0 bridgehead atoms. The molecule has 1 aromatic carbocycles. The van der Waals surface area contributed by atoms with Gasteiger partial charge in [-0.3, -0.25) is 9.59 Å². The van der Waals surface area contributed by atoms with Gasteiger partial charge in [0.15, 0.2) is 0 Å². The van der Waals surface area contributed by atoms with E-state index >= 15 is 0 Å². The quantitative estimate of drug-likeness (QED) is 0.866.